The minimum absolute atomic E-state index is 0.0565. The number of rotatable bonds is 15. The lowest BCUT2D eigenvalue weighted by Crippen LogP contribution is -2.65. The Morgan fingerprint density at radius 3 is 1.74 bits per heavy atom. The number of aliphatic hydroxyl groups excluding tert-OH is 10. The van der Waals surface area contributed by atoms with E-state index in [9.17, 15) is 71.2 Å². The van der Waals surface area contributed by atoms with E-state index >= 15 is 4.79 Å². The Morgan fingerprint density at radius 1 is 0.571 bits per heavy atom. The van der Waals surface area contributed by atoms with Crippen LogP contribution in [0, 0.1) is 0 Å². The first-order valence-corrected chi connectivity index (χ1v) is 24.0. The van der Waals surface area contributed by atoms with Crippen LogP contribution in [0.2, 0.25) is 0 Å². The number of phenols is 3. The molecular weight excluding hydrogens is 1030 g/mol. The second kappa shape index (κ2) is 23.6. The van der Waals surface area contributed by atoms with Crippen LogP contribution < -0.4 is 24.4 Å². The van der Waals surface area contributed by atoms with Crippen LogP contribution in [-0.2, 0) is 38.0 Å². The Balaban J connectivity index is 1.25. The first kappa shape index (κ1) is 57.2. The van der Waals surface area contributed by atoms with E-state index in [1.54, 1.807) is 0 Å². The Bertz CT molecular complexity index is 2800. The first-order valence-electron chi connectivity index (χ1n) is 24.0. The number of phenolic OH excluding ortho intramolecular Hbond substituents is 3. The molecule has 1 aromatic heterocycles. The Labute approximate surface area is 436 Å². The zero-order valence-corrected chi connectivity index (χ0v) is 41.6. The number of fused-ring (bicyclic) bond motifs is 1. The number of hydrogen-bond donors (Lipinski definition) is 13. The van der Waals surface area contributed by atoms with Gasteiger partial charge in [-0.1, -0.05) is 6.07 Å². The summed E-state index contributed by atoms with van der Waals surface area (Å²) in [5.41, 5.74) is -1.52. The lowest BCUT2D eigenvalue weighted by Gasteiger charge is -2.47. The molecule has 20 atom stereocenters. The highest BCUT2D eigenvalue weighted by Crippen LogP contribution is 2.43. The summed E-state index contributed by atoms with van der Waals surface area (Å²) < 4.78 is 70.1. The van der Waals surface area contributed by atoms with Crippen molar-refractivity contribution < 1.29 is 128 Å². The highest BCUT2D eigenvalue weighted by molar-refractivity contribution is 5.91. The Morgan fingerprint density at radius 2 is 1.12 bits per heavy atom. The summed E-state index contributed by atoms with van der Waals surface area (Å²) >= 11 is 0. The molecule has 3 aromatic carbocycles. The van der Waals surface area contributed by atoms with Gasteiger partial charge in [0.2, 0.25) is 23.8 Å². The monoisotopic (exact) mass is 1090 g/mol. The summed E-state index contributed by atoms with van der Waals surface area (Å²) in [6, 6.07) is 9.82. The van der Waals surface area contributed by atoms with E-state index in [4.69, 9.17) is 56.5 Å². The normalized spacial score (nSPS) is 35.6. The van der Waals surface area contributed by atoms with E-state index in [-0.39, 0.29) is 34.3 Å². The second-order valence-corrected chi connectivity index (χ2v) is 18.7. The van der Waals surface area contributed by atoms with Gasteiger partial charge in [0.1, 0.15) is 78.3 Å². The molecule has 13 N–H and O–H groups in total. The number of esters is 1. The van der Waals surface area contributed by atoms with E-state index in [0.29, 0.717) is 5.56 Å². The van der Waals surface area contributed by atoms with Gasteiger partial charge in [0, 0.05) is 11.6 Å². The molecule has 0 bridgehead atoms. The van der Waals surface area contributed by atoms with Crippen LogP contribution in [0.1, 0.15) is 26.3 Å². The standard InChI is InChI=1S/C50H60O27/c1-17-31(55)35(59)38(62)47(69-17)68-16-28-44(74-29(54)13-7-20-6-9-22(51)26(14-20)66-4)41(65)46(77-49-40(64)37(61)33(57)19(3)71-49)50(73-28)76-45-34(58)30-24(53)11-12-25(72-48-39(63)36(60)32(56)18(2)70-48)43(30)75-42(45)21-8-10-23(52)27(15-21)67-5/h6-15,17-19,28,31-33,35-41,44,46-53,55-57,59-65H,16H2,1-5H3/b13-7+/t17-,18-,19-,28+,31-,32-,33-,35+,36+,37+,38+,39+,40+,41-,44-,46+,47+,48-,49-,50-/m0/s1. The van der Waals surface area contributed by atoms with E-state index in [1.807, 2.05) is 0 Å². The molecule has 4 saturated heterocycles. The Kier molecular flexibility index (Phi) is 17.5. The van der Waals surface area contributed by atoms with Crippen LogP contribution in [0.15, 0.2) is 63.8 Å². The number of carbonyl (C=O) groups is 1. The highest BCUT2D eigenvalue weighted by Gasteiger charge is 2.54. The molecule has 4 aromatic rings. The number of methoxy groups -OCH3 is 2. The van der Waals surface area contributed by atoms with Crippen molar-refractivity contribution in [2.45, 2.75) is 144 Å². The fourth-order valence-electron chi connectivity index (χ4n) is 8.97. The Hall–Kier alpha value is -5.96. The molecule has 77 heavy (non-hydrogen) atoms. The van der Waals surface area contributed by atoms with Crippen molar-refractivity contribution in [2.24, 2.45) is 0 Å². The third kappa shape index (κ3) is 11.6. The predicted molar refractivity (Wildman–Crippen MR) is 255 cm³/mol. The van der Waals surface area contributed by atoms with Gasteiger partial charge in [0.15, 0.2) is 64.9 Å². The largest absolute Gasteiger partial charge is 0.507 e. The van der Waals surface area contributed by atoms with Gasteiger partial charge < -0.3 is 123 Å². The number of carbonyl (C=O) groups excluding carboxylic acids is 1. The third-order valence-corrected chi connectivity index (χ3v) is 13.5. The second-order valence-electron chi connectivity index (χ2n) is 18.7. The van der Waals surface area contributed by atoms with Gasteiger partial charge in [0.25, 0.3) is 0 Å². The molecule has 422 valence electrons. The number of aromatic hydroxyl groups is 3. The lowest BCUT2D eigenvalue weighted by molar-refractivity contribution is -0.360. The zero-order chi connectivity index (χ0) is 55.9. The van der Waals surface area contributed by atoms with Gasteiger partial charge >= 0.3 is 5.97 Å². The van der Waals surface area contributed by atoms with E-state index < -0.39 is 169 Å². The molecule has 27 nitrogen and oxygen atoms in total. The maximum atomic E-state index is 15.1. The average molecular weight is 1090 g/mol. The molecule has 0 unspecified atom stereocenters. The molecule has 0 saturated carbocycles. The van der Waals surface area contributed by atoms with Crippen molar-refractivity contribution >= 4 is 23.0 Å². The lowest BCUT2D eigenvalue weighted by atomic mass is 9.97. The molecule has 4 aliphatic heterocycles. The summed E-state index contributed by atoms with van der Waals surface area (Å²) in [6.07, 6.45) is -32.9. The van der Waals surface area contributed by atoms with E-state index in [0.717, 1.165) is 24.3 Å². The van der Waals surface area contributed by atoms with Gasteiger partial charge in [-0.2, -0.15) is 0 Å². The predicted octanol–water partition coefficient (Wildman–Crippen LogP) is -2.05. The highest BCUT2D eigenvalue weighted by atomic mass is 16.8. The molecule has 0 aliphatic carbocycles. The number of hydrogen-bond acceptors (Lipinski definition) is 27. The topological polar surface area (TPSA) is 412 Å². The number of ether oxygens (including phenoxy) is 11. The maximum Gasteiger partial charge on any atom is 0.331 e. The zero-order valence-electron chi connectivity index (χ0n) is 41.6. The van der Waals surface area contributed by atoms with E-state index in [1.165, 1.54) is 71.4 Å². The van der Waals surface area contributed by atoms with Crippen molar-refractivity contribution in [3.8, 4) is 51.6 Å². The van der Waals surface area contributed by atoms with Crippen molar-refractivity contribution in [3.63, 3.8) is 0 Å². The summed E-state index contributed by atoms with van der Waals surface area (Å²) in [6.45, 7) is 3.24. The SMILES string of the molecule is COc1cc(/C=C/C(=O)O[C@@H]2[C@H](O)[C@@H](O[C@@H]3O[C@@H](C)[C@H](O)[C@@H](O)[C@H]3O)[C@H](Oc3c(-c4ccc(O)c(OC)c4)oc4c(O[C@@H]5O[C@@H](C)[C@H](O)[C@@H](O)[C@H]5O)ccc(O)c4c3=O)O[C@@H]2CO[C@@H]2O[C@@H](C)[C@H](O)[C@@H](O)[C@H]2O)ccc1O. The number of benzene rings is 3. The molecule has 0 amide bonds. The van der Waals surface area contributed by atoms with Crippen LogP contribution in [0.5, 0.6) is 40.2 Å². The van der Waals surface area contributed by atoms with Crippen LogP contribution in [0.25, 0.3) is 28.4 Å². The fourth-order valence-corrected chi connectivity index (χ4v) is 8.97. The van der Waals surface area contributed by atoms with Gasteiger partial charge in [-0.3, -0.25) is 4.79 Å². The van der Waals surface area contributed by atoms with Crippen molar-refractivity contribution in [1.82, 2.24) is 0 Å². The minimum atomic E-state index is -2.22. The third-order valence-electron chi connectivity index (χ3n) is 13.5. The molecular formula is C50H60O27. The summed E-state index contributed by atoms with van der Waals surface area (Å²) in [4.78, 5) is 28.8. The molecule has 4 aliphatic rings. The van der Waals surface area contributed by atoms with Crippen LogP contribution in [-0.4, -0.2) is 216 Å². The maximum absolute atomic E-state index is 15.1. The molecule has 5 heterocycles. The van der Waals surface area contributed by atoms with Crippen molar-refractivity contribution in [2.75, 3.05) is 20.8 Å². The number of aliphatic hydroxyl groups is 10. The van der Waals surface area contributed by atoms with Crippen molar-refractivity contribution in [1.29, 1.82) is 0 Å². The first-order chi connectivity index (χ1) is 36.5. The van der Waals surface area contributed by atoms with Crippen LogP contribution >= 0.6 is 0 Å². The molecule has 0 spiro atoms. The molecule has 8 rings (SSSR count). The van der Waals surface area contributed by atoms with Crippen molar-refractivity contribution in [3.05, 3.63) is 70.4 Å². The average Bonchev–Trinajstić information content (AvgIpc) is 3.43. The molecule has 0 radical (unpaired) electrons. The van der Waals surface area contributed by atoms with E-state index in [2.05, 4.69) is 0 Å². The van der Waals surface area contributed by atoms with Crippen LogP contribution in [0.4, 0.5) is 0 Å². The van der Waals surface area contributed by atoms with Gasteiger partial charge in [-0.25, -0.2) is 4.79 Å². The van der Waals surface area contributed by atoms with Gasteiger partial charge in [0.05, 0.1) is 39.1 Å². The fraction of sp³-hybridized carbons (Fsp3) is 0.520. The summed E-state index contributed by atoms with van der Waals surface area (Å²) in [5, 5.41) is 140. The minimum Gasteiger partial charge on any atom is -0.507 e. The smallest absolute Gasteiger partial charge is 0.331 e. The summed E-state index contributed by atoms with van der Waals surface area (Å²) in [7, 11) is 2.51. The summed E-state index contributed by atoms with van der Waals surface area (Å²) in [5.74, 6) is -4.41. The van der Waals surface area contributed by atoms with Gasteiger partial charge in [-0.15, -0.1) is 0 Å². The quantitative estimate of drug-likeness (QED) is 0.0450. The van der Waals surface area contributed by atoms with Gasteiger partial charge in [-0.05, 0) is 74.9 Å². The molecule has 27 heteroatoms. The van der Waals surface area contributed by atoms with Crippen LogP contribution in [0.3, 0.4) is 0 Å². The molecule has 4 fully saturated rings.